The Kier molecular flexibility index (Phi) is 4.63. The number of fused-ring (bicyclic) bond motifs is 1. The van der Waals surface area contributed by atoms with Crippen LogP contribution >= 0.6 is 11.6 Å². The maximum absolute atomic E-state index is 11.2. The SMILES string of the molecule is CCCOc1ccc2[nH]cc(/C=C/C(=O)CCl)c2c1. The number of benzene rings is 1. The zero-order chi connectivity index (χ0) is 13.7. The number of alkyl halides is 1. The molecule has 1 N–H and O–H groups in total. The quantitative estimate of drug-likeness (QED) is 0.645. The molecule has 0 aliphatic rings. The fourth-order valence-electron chi connectivity index (χ4n) is 1.80. The van der Waals surface area contributed by atoms with Gasteiger partial charge in [0.15, 0.2) is 5.78 Å². The van der Waals surface area contributed by atoms with Gasteiger partial charge in [-0.2, -0.15) is 0 Å². The van der Waals surface area contributed by atoms with E-state index in [4.69, 9.17) is 16.3 Å². The van der Waals surface area contributed by atoms with Crippen molar-refractivity contribution in [3.8, 4) is 5.75 Å². The van der Waals surface area contributed by atoms with Crippen molar-refractivity contribution in [2.24, 2.45) is 0 Å². The van der Waals surface area contributed by atoms with Gasteiger partial charge in [0.25, 0.3) is 0 Å². The molecule has 100 valence electrons. The van der Waals surface area contributed by atoms with Gasteiger partial charge in [0.1, 0.15) is 5.75 Å². The highest BCUT2D eigenvalue weighted by Crippen LogP contribution is 2.24. The molecule has 0 unspecified atom stereocenters. The lowest BCUT2D eigenvalue weighted by Crippen LogP contribution is -1.94. The van der Waals surface area contributed by atoms with Crippen molar-refractivity contribution in [3.05, 3.63) is 36.0 Å². The number of hydrogen-bond acceptors (Lipinski definition) is 2. The van der Waals surface area contributed by atoms with Crippen LogP contribution in [0.15, 0.2) is 30.5 Å². The topological polar surface area (TPSA) is 42.1 Å². The van der Waals surface area contributed by atoms with E-state index in [0.29, 0.717) is 6.61 Å². The van der Waals surface area contributed by atoms with Gasteiger partial charge >= 0.3 is 0 Å². The lowest BCUT2D eigenvalue weighted by atomic mass is 10.1. The Balaban J connectivity index is 2.29. The van der Waals surface area contributed by atoms with E-state index >= 15 is 0 Å². The Labute approximate surface area is 117 Å². The first kappa shape index (κ1) is 13.7. The zero-order valence-corrected chi connectivity index (χ0v) is 11.5. The second-order valence-corrected chi connectivity index (χ2v) is 4.50. The minimum Gasteiger partial charge on any atom is -0.494 e. The number of halogens is 1. The van der Waals surface area contributed by atoms with Gasteiger partial charge in [0.2, 0.25) is 0 Å². The van der Waals surface area contributed by atoms with Crippen molar-refractivity contribution in [2.75, 3.05) is 12.5 Å². The summed E-state index contributed by atoms with van der Waals surface area (Å²) >= 11 is 5.46. The number of carbonyl (C=O) groups is 1. The molecule has 19 heavy (non-hydrogen) atoms. The number of H-pyrrole nitrogens is 1. The third-order valence-electron chi connectivity index (χ3n) is 2.74. The van der Waals surface area contributed by atoms with Gasteiger partial charge in [-0.15, -0.1) is 11.6 Å². The molecule has 0 fully saturated rings. The summed E-state index contributed by atoms with van der Waals surface area (Å²) in [6, 6.07) is 5.89. The molecule has 0 bridgehead atoms. The molecule has 0 atom stereocenters. The fraction of sp³-hybridized carbons (Fsp3) is 0.267. The van der Waals surface area contributed by atoms with E-state index in [-0.39, 0.29) is 11.7 Å². The van der Waals surface area contributed by atoms with Crippen LogP contribution in [0.2, 0.25) is 0 Å². The summed E-state index contributed by atoms with van der Waals surface area (Å²) in [5, 5.41) is 1.03. The lowest BCUT2D eigenvalue weighted by molar-refractivity contribution is -0.112. The predicted octanol–water partition coefficient (Wildman–Crippen LogP) is 3.78. The maximum Gasteiger partial charge on any atom is 0.170 e. The molecule has 4 heteroatoms. The Bertz CT molecular complexity index is 601. The highest BCUT2D eigenvalue weighted by Gasteiger charge is 2.03. The molecule has 0 saturated heterocycles. The van der Waals surface area contributed by atoms with Crippen LogP contribution in [-0.4, -0.2) is 23.3 Å². The minimum atomic E-state index is -0.102. The number of allylic oxidation sites excluding steroid dienone is 1. The van der Waals surface area contributed by atoms with Crippen molar-refractivity contribution in [2.45, 2.75) is 13.3 Å². The van der Waals surface area contributed by atoms with Crippen molar-refractivity contribution in [3.63, 3.8) is 0 Å². The number of nitrogens with one attached hydrogen (secondary N) is 1. The smallest absolute Gasteiger partial charge is 0.170 e. The molecule has 2 rings (SSSR count). The first-order valence-electron chi connectivity index (χ1n) is 6.25. The summed E-state index contributed by atoms with van der Waals surface area (Å²) in [7, 11) is 0. The second-order valence-electron chi connectivity index (χ2n) is 4.23. The standard InChI is InChI=1S/C15H16ClNO2/c1-2-7-19-13-5-6-15-14(8-13)11(10-17-15)3-4-12(18)9-16/h3-6,8,10,17H,2,7,9H2,1H3/b4-3+. The Morgan fingerprint density at radius 1 is 1.47 bits per heavy atom. The van der Waals surface area contributed by atoms with Crippen molar-refractivity contribution < 1.29 is 9.53 Å². The molecular weight excluding hydrogens is 262 g/mol. The number of ketones is 1. The fourth-order valence-corrected chi connectivity index (χ4v) is 1.89. The van der Waals surface area contributed by atoms with Crippen LogP contribution in [0, 0.1) is 0 Å². The molecular formula is C15H16ClNO2. The third-order valence-corrected chi connectivity index (χ3v) is 3.00. The molecule has 0 aliphatic carbocycles. The van der Waals surface area contributed by atoms with E-state index in [1.165, 1.54) is 6.08 Å². The van der Waals surface area contributed by atoms with Crippen LogP contribution in [0.25, 0.3) is 17.0 Å². The average Bonchev–Trinajstić information content (AvgIpc) is 2.84. The van der Waals surface area contributed by atoms with Crippen LogP contribution in [-0.2, 0) is 4.79 Å². The molecule has 1 heterocycles. The summed E-state index contributed by atoms with van der Waals surface area (Å²) in [6.45, 7) is 2.77. The van der Waals surface area contributed by atoms with Gasteiger partial charge in [0.05, 0.1) is 12.5 Å². The van der Waals surface area contributed by atoms with Gasteiger partial charge in [-0.05, 0) is 36.8 Å². The van der Waals surface area contributed by atoms with Gasteiger partial charge in [-0.3, -0.25) is 4.79 Å². The Hall–Kier alpha value is -1.74. The number of aromatic amines is 1. The normalized spacial score (nSPS) is 11.3. The van der Waals surface area contributed by atoms with Crippen LogP contribution in [0.4, 0.5) is 0 Å². The first-order chi connectivity index (χ1) is 9.24. The number of carbonyl (C=O) groups excluding carboxylic acids is 1. The Morgan fingerprint density at radius 2 is 2.32 bits per heavy atom. The molecule has 0 radical (unpaired) electrons. The predicted molar refractivity (Wildman–Crippen MR) is 78.8 cm³/mol. The molecule has 0 aliphatic heterocycles. The van der Waals surface area contributed by atoms with Crippen LogP contribution in [0.1, 0.15) is 18.9 Å². The van der Waals surface area contributed by atoms with E-state index in [1.54, 1.807) is 6.08 Å². The van der Waals surface area contributed by atoms with Crippen molar-refractivity contribution in [1.29, 1.82) is 0 Å². The number of rotatable bonds is 6. The Morgan fingerprint density at radius 3 is 3.05 bits per heavy atom. The molecule has 3 nitrogen and oxygen atoms in total. The van der Waals surface area contributed by atoms with E-state index in [0.717, 1.165) is 28.6 Å². The number of ether oxygens (including phenoxy) is 1. The van der Waals surface area contributed by atoms with Crippen molar-refractivity contribution >= 4 is 34.4 Å². The van der Waals surface area contributed by atoms with Gasteiger partial charge in [-0.25, -0.2) is 0 Å². The molecule has 0 saturated carbocycles. The van der Waals surface area contributed by atoms with Gasteiger partial charge in [-0.1, -0.05) is 6.92 Å². The summed E-state index contributed by atoms with van der Waals surface area (Å²) in [5.41, 5.74) is 1.97. The number of aromatic nitrogens is 1. The van der Waals surface area contributed by atoms with E-state index in [9.17, 15) is 4.79 Å². The van der Waals surface area contributed by atoms with E-state index in [2.05, 4.69) is 11.9 Å². The summed E-state index contributed by atoms with van der Waals surface area (Å²) in [6.07, 6.45) is 6.11. The lowest BCUT2D eigenvalue weighted by Gasteiger charge is -2.04. The maximum atomic E-state index is 11.2. The highest BCUT2D eigenvalue weighted by molar-refractivity contribution is 6.29. The summed E-state index contributed by atoms with van der Waals surface area (Å²) in [4.78, 5) is 14.4. The largest absolute Gasteiger partial charge is 0.494 e. The molecule has 1 aromatic heterocycles. The van der Waals surface area contributed by atoms with Crippen LogP contribution in [0.3, 0.4) is 0 Å². The van der Waals surface area contributed by atoms with Crippen LogP contribution in [0.5, 0.6) is 5.75 Å². The minimum absolute atomic E-state index is 0.00369. The average molecular weight is 278 g/mol. The molecule has 2 aromatic rings. The van der Waals surface area contributed by atoms with Gasteiger partial charge < -0.3 is 9.72 Å². The number of hydrogen-bond donors (Lipinski definition) is 1. The van der Waals surface area contributed by atoms with Crippen LogP contribution < -0.4 is 4.74 Å². The second kappa shape index (κ2) is 6.43. The molecule has 0 spiro atoms. The van der Waals surface area contributed by atoms with Gasteiger partial charge in [0, 0.05) is 22.7 Å². The zero-order valence-electron chi connectivity index (χ0n) is 10.8. The molecule has 1 aromatic carbocycles. The monoisotopic (exact) mass is 277 g/mol. The van der Waals surface area contributed by atoms with Crippen molar-refractivity contribution in [1.82, 2.24) is 4.98 Å². The van der Waals surface area contributed by atoms with E-state index < -0.39 is 0 Å². The summed E-state index contributed by atoms with van der Waals surface area (Å²) in [5.74, 6) is 0.741. The molecule has 0 amide bonds. The highest BCUT2D eigenvalue weighted by atomic mass is 35.5. The van der Waals surface area contributed by atoms with E-state index in [1.807, 2.05) is 24.4 Å². The first-order valence-corrected chi connectivity index (χ1v) is 6.79. The third kappa shape index (κ3) is 3.38. The summed E-state index contributed by atoms with van der Waals surface area (Å²) < 4.78 is 5.61.